The van der Waals surface area contributed by atoms with E-state index in [1.807, 2.05) is 12.1 Å². The van der Waals surface area contributed by atoms with Crippen molar-refractivity contribution in [3.8, 4) is 0 Å². The third kappa shape index (κ3) is 4.50. The highest BCUT2D eigenvalue weighted by atomic mass is 79.9. The van der Waals surface area contributed by atoms with Crippen LogP contribution in [-0.4, -0.2) is 0 Å². The lowest BCUT2D eigenvalue weighted by Gasteiger charge is -2.08. The first kappa shape index (κ1) is 16.9. The lowest BCUT2D eigenvalue weighted by atomic mass is 10.4. The highest BCUT2D eigenvalue weighted by Crippen LogP contribution is 2.46. The lowest BCUT2D eigenvalue weighted by molar-refractivity contribution is 1.36. The minimum atomic E-state index is 1.04. The molecular weight excluding hydrogens is 608 g/mol. The van der Waals surface area contributed by atoms with Crippen molar-refractivity contribution in [1.29, 1.82) is 0 Å². The molecule has 0 aliphatic rings. The molecule has 0 aliphatic heterocycles. The first-order valence-electron chi connectivity index (χ1n) is 4.92. The van der Waals surface area contributed by atoms with Crippen molar-refractivity contribution >= 4 is 101 Å². The Labute approximate surface area is 161 Å². The van der Waals surface area contributed by atoms with Crippen LogP contribution in [0.3, 0.4) is 0 Å². The molecule has 0 N–H and O–H groups in total. The van der Waals surface area contributed by atoms with Crippen molar-refractivity contribution < 1.29 is 0 Å². The molecule has 0 spiro atoms. The van der Waals surface area contributed by atoms with E-state index in [4.69, 9.17) is 0 Å². The Morgan fingerprint density at radius 3 is 1.95 bits per heavy atom. The molecule has 0 heterocycles. The summed E-state index contributed by atoms with van der Waals surface area (Å²) in [4.78, 5) is 2.37. The zero-order valence-corrected chi connectivity index (χ0v) is 18.7. The summed E-state index contributed by atoms with van der Waals surface area (Å²) < 4.78 is 5.30. The normalized spacial score (nSPS) is 10.8. The Bertz CT molecular complexity index is 615. The fourth-order valence-corrected chi connectivity index (χ4v) is 6.93. The average Bonchev–Trinajstić information content (AvgIpc) is 2.37. The molecule has 0 radical (unpaired) electrons. The smallest absolute Gasteiger partial charge is 0.0473 e. The second kappa shape index (κ2) is 7.70. The van der Waals surface area contributed by atoms with Gasteiger partial charge in [-0.2, -0.15) is 0 Å². The van der Waals surface area contributed by atoms with Crippen LogP contribution in [0.4, 0.5) is 0 Å². The predicted octanol–water partition coefficient (Wildman–Crippen LogP) is 8.30. The van der Waals surface area contributed by atoms with Gasteiger partial charge in [-0.05, 0) is 94.1 Å². The standard InChI is InChI=1S/C12H5Br5S2/c13-6-1-3-9(8(15)5-6)18-19-10-4-2-7(14)11(16)12(10)17/h1-5H. The van der Waals surface area contributed by atoms with Gasteiger partial charge in [-0.25, -0.2) is 0 Å². The summed E-state index contributed by atoms with van der Waals surface area (Å²) in [6, 6.07) is 10.3. The van der Waals surface area contributed by atoms with Crippen LogP contribution in [0.2, 0.25) is 0 Å². The van der Waals surface area contributed by atoms with Crippen LogP contribution < -0.4 is 0 Å². The summed E-state index contributed by atoms with van der Waals surface area (Å²) in [5, 5.41) is 0. The number of benzene rings is 2. The Morgan fingerprint density at radius 2 is 1.26 bits per heavy atom. The first-order valence-corrected chi connectivity index (χ1v) is 11.0. The van der Waals surface area contributed by atoms with Crippen LogP contribution in [0.1, 0.15) is 0 Å². The second-order valence-corrected chi connectivity index (χ2v) is 9.84. The summed E-state index contributed by atoms with van der Waals surface area (Å²) in [5.74, 6) is 0. The third-order valence-corrected chi connectivity index (χ3v) is 9.63. The molecule has 2 aromatic rings. The maximum atomic E-state index is 3.60. The SMILES string of the molecule is Brc1ccc(SSc2ccc(Br)c(Br)c2Br)c(Br)c1. The molecule has 2 rings (SSSR count). The van der Waals surface area contributed by atoms with E-state index in [-0.39, 0.29) is 0 Å². The molecule has 0 atom stereocenters. The van der Waals surface area contributed by atoms with Gasteiger partial charge in [0.2, 0.25) is 0 Å². The van der Waals surface area contributed by atoms with Crippen molar-refractivity contribution in [2.75, 3.05) is 0 Å². The molecule has 100 valence electrons. The van der Waals surface area contributed by atoms with Crippen LogP contribution in [0.15, 0.2) is 62.5 Å². The van der Waals surface area contributed by atoms with Crippen LogP contribution in [-0.2, 0) is 0 Å². The fraction of sp³-hybridized carbons (Fsp3) is 0. The van der Waals surface area contributed by atoms with Gasteiger partial charge < -0.3 is 0 Å². The Morgan fingerprint density at radius 1 is 0.632 bits per heavy atom. The van der Waals surface area contributed by atoms with Crippen LogP contribution in [0.5, 0.6) is 0 Å². The van der Waals surface area contributed by atoms with Gasteiger partial charge in [-0.3, -0.25) is 0 Å². The predicted molar refractivity (Wildman–Crippen MR) is 103 cm³/mol. The van der Waals surface area contributed by atoms with Crippen LogP contribution >= 0.6 is 101 Å². The van der Waals surface area contributed by atoms with E-state index in [0.717, 1.165) is 22.4 Å². The molecular formula is C12H5Br5S2. The first-order chi connectivity index (χ1) is 8.99. The molecule has 0 aliphatic carbocycles. The monoisotopic (exact) mass is 608 g/mol. The van der Waals surface area contributed by atoms with Gasteiger partial charge in [0, 0.05) is 32.2 Å². The van der Waals surface area contributed by atoms with E-state index in [1.54, 1.807) is 21.6 Å². The Hall–Kier alpha value is 1.54. The molecule has 7 heteroatoms. The zero-order chi connectivity index (χ0) is 14.0. The van der Waals surface area contributed by atoms with Crippen molar-refractivity contribution in [3.63, 3.8) is 0 Å². The second-order valence-electron chi connectivity index (χ2n) is 3.41. The maximum absolute atomic E-state index is 3.60. The van der Waals surface area contributed by atoms with Crippen molar-refractivity contribution in [1.82, 2.24) is 0 Å². The van der Waals surface area contributed by atoms with Gasteiger partial charge in [-0.15, -0.1) is 0 Å². The van der Waals surface area contributed by atoms with E-state index in [1.165, 1.54) is 9.79 Å². The largest absolute Gasteiger partial charge is 0.0513 e. The summed E-state index contributed by atoms with van der Waals surface area (Å²) in [5.41, 5.74) is 0. The van der Waals surface area contributed by atoms with E-state index in [9.17, 15) is 0 Å². The highest BCUT2D eigenvalue weighted by Gasteiger charge is 2.10. The molecule has 2 aromatic carbocycles. The molecule has 0 saturated carbocycles. The minimum absolute atomic E-state index is 1.04. The number of halogens is 5. The van der Waals surface area contributed by atoms with Gasteiger partial charge >= 0.3 is 0 Å². The zero-order valence-electron chi connectivity index (χ0n) is 9.09. The minimum Gasteiger partial charge on any atom is -0.0513 e. The topological polar surface area (TPSA) is 0 Å². The number of hydrogen-bond donors (Lipinski definition) is 0. The number of hydrogen-bond acceptors (Lipinski definition) is 2. The van der Waals surface area contributed by atoms with E-state index < -0.39 is 0 Å². The molecule has 0 nitrogen and oxygen atoms in total. The lowest BCUT2D eigenvalue weighted by Crippen LogP contribution is -1.78. The number of rotatable bonds is 3. The van der Waals surface area contributed by atoms with E-state index in [0.29, 0.717) is 0 Å². The average molecular weight is 613 g/mol. The van der Waals surface area contributed by atoms with Crippen molar-refractivity contribution in [3.05, 3.63) is 52.7 Å². The fourth-order valence-electron chi connectivity index (χ4n) is 1.21. The maximum Gasteiger partial charge on any atom is 0.0473 e. The quantitative estimate of drug-likeness (QED) is 0.253. The van der Waals surface area contributed by atoms with Gasteiger partial charge in [0.1, 0.15) is 0 Å². The molecule has 0 bridgehead atoms. The van der Waals surface area contributed by atoms with Crippen molar-refractivity contribution in [2.45, 2.75) is 9.79 Å². The van der Waals surface area contributed by atoms with Gasteiger partial charge in [0.25, 0.3) is 0 Å². The molecule has 0 saturated heterocycles. The summed E-state index contributed by atoms with van der Waals surface area (Å²) in [7, 11) is 3.44. The van der Waals surface area contributed by atoms with E-state index in [2.05, 4.69) is 97.8 Å². The summed E-state index contributed by atoms with van der Waals surface area (Å²) in [6.45, 7) is 0. The molecule has 0 aromatic heterocycles. The Balaban J connectivity index is 2.17. The third-order valence-electron chi connectivity index (χ3n) is 2.11. The van der Waals surface area contributed by atoms with Gasteiger partial charge in [0.15, 0.2) is 0 Å². The Kier molecular flexibility index (Phi) is 6.85. The molecule has 0 amide bonds. The summed E-state index contributed by atoms with van der Waals surface area (Å²) >= 11 is 17.7. The van der Waals surface area contributed by atoms with Crippen LogP contribution in [0.25, 0.3) is 0 Å². The molecule has 19 heavy (non-hydrogen) atoms. The van der Waals surface area contributed by atoms with Crippen molar-refractivity contribution in [2.24, 2.45) is 0 Å². The highest BCUT2D eigenvalue weighted by molar-refractivity contribution is 9.14. The van der Waals surface area contributed by atoms with Crippen LogP contribution in [0, 0.1) is 0 Å². The molecule has 0 fully saturated rings. The molecule has 0 unspecified atom stereocenters. The van der Waals surface area contributed by atoms with E-state index >= 15 is 0 Å². The van der Waals surface area contributed by atoms with Gasteiger partial charge in [-0.1, -0.05) is 37.5 Å². The summed E-state index contributed by atoms with van der Waals surface area (Å²) in [6.07, 6.45) is 0. The van der Waals surface area contributed by atoms with Gasteiger partial charge in [0.05, 0.1) is 0 Å².